The molecule has 0 radical (unpaired) electrons. The van der Waals surface area contributed by atoms with Crippen molar-refractivity contribution < 1.29 is 0 Å². The fourth-order valence-corrected chi connectivity index (χ4v) is 1.93. The van der Waals surface area contributed by atoms with Crippen LogP contribution in [0.3, 0.4) is 0 Å². The maximum absolute atomic E-state index is 11.0. The first kappa shape index (κ1) is 8.44. The number of halogens is 1. The molecule has 2 aromatic rings. The van der Waals surface area contributed by atoms with E-state index in [0.29, 0.717) is 0 Å². The molecule has 0 atom stereocenters. The molecule has 0 fully saturated rings. The molecule has 0 spiro atoms. The van der Waals surface area contributed by atoms with Crippen molar-refractivity contribution in [3.63, 3.8) is 0 Å². The Labute approximate surface area is 82.9 Å². The van der Waals surface area contributed by atoms with Crippen molar-refractivity contribution in [3.05, 3.63) is 38.7 Å². The summed E-state index contributed by atoms with van der Waals surface area (Å²) in [6.45, 7) is 1.97. The normalized spacial score (nSPS) is 10.6. The van der Waals surface area contributed by atoms with Crippen LogP contribution in [-0.2, 0) is 0 Å². The Morgan fingerprint density at radius 2 is 2.23 bits per heavy atom. The Morgan fingerprint density at radius 1 is 1.46 bits per heavy atom. The smallest absolute Gasteiger partial charge is 0.266 e. The molecule has 0 aliphatic rings. The number of H-pyrrole nitrogens is 1. The second-order valence-electron chi connectivity index (χ2n) is 2.89. The number of benzene rings is 1. The fourth-order valence-electron chi connectivity index (χ4n) is 1.25. The number of nitrogens with zero attached hydrogens (tertiary/aromatic N) is 1. The number of hydrogen-bond acceptors (Lipinski definition) is 2. The average molecular weight is 239 g/mol. The van der Waals surface area contributed by atoms with Gasteiger partial charge in [0.1, 0.15) is 5.52 Å². The number of aryl methyl sites for hydroxylation is 1. The van der Waals surface area contributed by atoms with E-state index in [2.05, 4.69) is 25.9 Å². The first-order valence-corrected chi connectivity index (χ1v) is 4.61. The summed E-state index contributed by atoms with van der Waals surface area (Å²) in [5.74, 6) is 0. The Balaban J connectivity index is 2.94. The number of rotatable bonds is 0. The van der Waals surface area contributed by atoms with Crippen molar-refractivity contribution in [2.45, 2.75) is 6.92 Å². The molecule has 3 nitrogen and oxygen atoms in total. The zero-order valence-electron chi connectivity index (χ0n) is 6.97. The van der Waals surface area contributed by atoms with E-state index in [4.69, 9.17) is 0 Å². The topological polar surface area (TPSA) is 45.8 Å². The zero-order chi connectivity index (χ0) is 9.42. The second-order valence-corrected chi connectivity index (χ2v) is 3.74. The molecule has 1 heterocycles. The van der Waals surface area contributed by atoms with Gasteiger partial charge in [0, 0.05) is 4.47 Å². The molecule has 1 aromatic carbocycles. The van der Waals surface area contributed by atoms with Gasteiger partial charge < -0.3 is 4.98 Å². The molecule has 0 bridgehead atoms. The fraction of sp³-hybridized carbons (Fsp3) is 0.111. The number of aromatic nitrogens is 2. The van der Waals surface area contributed by atoms with Crippen LogP contribution in [0.1, 0.15) is 5.56 Å². The van der Waals surface area contributed by atoms with E-state index in [9.17, 15) is 4.79 Å². The molecule has 0 saturated heterocycles. The van der Waals surface area contributed by atoms with Gasteiger partial charge in [-0.15, -0.1) is 0 Å². The molecular formula is C9H7BrN2O. The maximum atomic E-state index is 11.0. The molecule has 0 aliphatic carbocycles. The van der Waals surface area contributed by atoms with E-state index in [1.807, 2.05) is 19.1 Å². The highest BCUT2D eigenvalue weighted by Crippen LogP contribution is 2.20. The van der Waals surface area contributed by atoms with Crippen LogP contribution in [0, 0.1) is 6.92 Å². The third-order valence-corrected chi connectivity index (χ3v) is 2.38. The van der Waals surface area contributed by atoms with Crippen LogP contribution in [0.25, 0.3) is 11.0 Å². The Bertz CT molecular complexity index is 518. The first-order valence-electron chi connectivity index (χ1n) is 3.82. The van der Waals surface area contributed by atoms with Gasteiger partial charge in [-0.05, 0) is 40.5 Å². The average Bonchev–Trinajstić information content (AvgIpc) is 2.02. The summed E-state index contributed by atoms with van der Waals surface area (Å²) < 4.78 is 0.902. The summed E-state index contributed by atoms with van der Waals surface area (Å²) in [4.78, 5) is 17.7. The standard InChI is InChI=1S/C9H7BrN2O/c1-5-2-6(10)9-7(3-5)12-8(13)4-11-9/h2-4H,1H3,(H,12,13). The lowest BCUT2D eigenvalue weighted by molar-refractivity contribution is 1.21. The van der Waals surface area contributed by atoms with Crippen molar-refractivity contribution in [2.24, 2.45) is 0 Å². The van der Waals surface area contributed by atoms with E-state index in [1.54, 1.807) is 0 Å². The van der Waals surface area contributed by atoms with Crippen molar-refractivity contribution in [3.8, 4) is 0 Å². The molecule has 0 aliphatic heterocycles. The summed E-state index contributed by atoms with van der Waals surface area (Å²) >= 11 is 3.39. The molecule has 0 saturated carbocycles. The molecule has 1 aromatic heterocycles. The summed E-state index contributed by atoms with van der Waals surface area (Å²) in [6, 6.07) is 3.86. The van der Waals surface area contributed by atoms with Crippen LogP contribution in [-0.4, -0.2) is 9.97 Å². The molecule has 0 amide bonds. The van der Waals surface area contributed by atoms with Crippen LogP contribution in [0.2, 0.25) is 0 Å². The van der Waals surface area contributed by atoms with E-state index < -0.39 is 0 Å². The highest BCUT2D eigenvalue weighted by molar-refractivity contribution is 9.10. The van der Waals surface area contributed by atoms with Gasteiger partial charge >= 0.3 is 0 Å². The van der Waals surface area contributed by atoms with Crippen LogP contribution >= 0.6 is 15.9 Å². The van der Waals surface area contributed by atoms with Gasteiger partial charge in [0.05, 0.1) is 11.7 Å². The van der Waals surface area contributed by atoms with E-state index in [1.165, 1.54) is 6.20 Å². The van der Waals surface area contributed by atoms with Gasteiger partial charge in [-0.3, -0.25) is 4.79 Å². The molecule has 66 valence electrons. The SMILES string of the molecule is Cc1cc(Br)c2ncc(=O)[nH]c2c1. The van der Waals surface area contributed by atoms with Crippen molar-refractivity contribution in [2.75, 3.05) is 0 Å². The molecule has 13 heavy (non-hydrogen) atoms. The largest absolute Gasteiger partial charge is 0.319 e. The lowest BCUT2D eigenvalue weighted by Crippen LogP contribution is -2.05. The van der Waals surface area contributed by atoms with Gasteiger partial charge in [-0.25, -0.2) is 4.98 Å². The van der Waals surface area contributed by atoms with E-state index in [-0.39, 0.29) is 5.56 Å². The Morgan fingerprint density at radius 3 is 3.00 bits per heavy atom. The summed E-state index contributed by atoms with van der Waals surface area (Å²) in [5, 5.41) is 0. The quantitative estimate of drug-likeness (QED) is 0.764. The molecule has 4 heteroatoms. The number of fused-ring (bicyclic) bond motifs is 1. The van der Waals surface area contributed by atoms with E-state index >= 15 is 0 Å². The van der Waals surface area contributed by atoms with Crippen LogP contribution < -0.4 is 5.56 Å². The number of aromatic amines is 1. The van der Waals surface area contributed by atoms with Crippen LogP contribution in [0.15, 0.2) is 27.6 Å². The van der Waals surface area contributed by atoms with Gasteiger partial charge in [0.25, 0.3) is 5.56 Å². The third-order valence-electron chi connectivity index (χ3n) is 1.78. The lowest BCUT2D eigenvalue weighted by atomic mass is 10.2. The van der Waals surface area contributed by atoms with Crippen LogP contribution in [0.5, 0.6) is 0 Å². The maximum Gasteiger partial charge on any atom is 0.266 e. The highest BCUT2D eigenvalue weighted by atomic mass is 79.9. The molecular weight excluding hydrogens is 232 g/mol. The summed E-state index contributed by atoms with van der Waals surface area (Å²) in [6.07, 6.45) is 1.28. The molecule has 2 rings (SSSR count). The predicted molar refractivity (Wildman–Crippen MR) is 54.8 cm³/mol. The van der Waals surface area contributed by atoms with Gasteiger partial charge in [0.15, 0.2) is 0 Å². The minimum atomic E-state index is -0.176. The predicted octanol–water partition coefficient (Wildman–Crippen LogP) is 1.99. The Kier molecular flexibility index (Phi) is 1.92. The number of nitrogens with one attached hydrogen (secondary N) is 1. The monoisotopic (exact) mass is 238 g/mol. The molecule has 1 N–H and O–H groups in total. The lowest BCUT2D eigenvalue weighted by Gasteiger charge is -2.00. The third kappa shape index (κ3) is 1.49. The number of hydrogen-bond donors (Lipinski definition) is 1. The van der Waals surface area contributed by atoms with Gasteiger partial charge in [0.2, 0.25) is 0 Å². The minimum absolute atomic E-state index is 0.176. The van der Waals surface area contributed by atoms with E-state index in [0.717, 1.165) is 21.1 Å². The minimum Gasteiger partial charge on any atom is -0.319 e. The summed E-state index contributed by atoms with van der Waals surface area (Å²) in [5.41, 5.74) is 2.46. The van der Waals surface area contributed by atoms with Gasteiger partial charge in [-0.1, -0.05) is 0 Å². The zero-order valence-corrected chi connectivity index (χ0v) is 8.55. The highest BCUT2D eigenvalue weighted by Gasteiger charge is 2.01. The van der Waals surface area contributed by atoms with Crippen LogP contribution in [0.4, 0.5) is 0 Å². The second kappa shape index (κ2) is 2.96. The van der Waals surface area contributed by atoms with Crippen molar-refractivity contribution in [1.29, 1.82) is 0 Å². The Hall–Kier alpha value is -1.16. The van der Waals surface area contributed by atoms with Crippen molar-refractivity contribution in [1.82, 2.24) is 9.97 Å². The first-order chi connectivity index (χ1) is 6.16. The molecule has 0 unspecified atom stereocenters. The van der Waals surface area contributed by atoms with Gasteiger partial charge in [-0.2, -0.15) is 0 Å². The summed E-state index contributed by atoms with van der Waals surface area (Å²) in [7, 11) is 0. The van der Waals surface area contributed by atoms with Crippen molar-refractivity contribution >= 4 is 27.0 Å².